The second kappa shape index (κ2) is 7.30. The van der Waals surface area contributed by atoms with Crippen molar-refractivity contribution in [2.45, 2.75) is 44.6 Å². The fourth-order valence-electron chi connectivity index (χ4n) is 3.73. The van der Waals surface area contributed by atoms with E-state index in [1.807, 2.05) is 24.1 Å². The highest BCUT2D eigenvalue weighted by atomic mass is 16.3. The molecule has 3 rings (SSSR count). The van der Waals surface area contributed by atoms with E-state index in [9.17, 15) is 9.90 Å². The first-order chi connectivity index (χ1) is 11.2. The van der Waals surface area contributed by atoms with Crippen molar-refractivity contribution in [3.05, 3.63) is 23.9 Å². The second-order valence-electron chi connectivity index (χ2n) is 6.87. The van der Waals surface area contributed by atoms with E-state index in [-0.39, 0.29) is 18.6 Å². The molecule has 0 atom stereocenters. The van der Waals surface area contributed by atoms with Crippen molar-refractivity contribution in [1.82, 2.24) is 9.88 Å². The van der Waals surface area contributed by atoms with Gasteiger partial charge in [-0.1, -0.05) is 0 Å². The van der Waals surface area contributed by atoms with Gasteiger partial charge in [-0.15, -0.1) is 0 Å². The molecular formula is C18H27N3O2. The number of nitrogens with zero attached hydrogens (tertiary/aromatic N) is 3. The molecule has 5 heteroatoms. The van der Waals surface area contributed by atoms with E-state index >= 15 is 0 Å². The number of aliphatic hydroxyl groups excluding tert-OH is 1. The van der Waals surface area contributed by atoms with Gasteiger partial charge in [0.1, 0.15) is 5.82 Å². The summed E-state index contributed by atoms with van der Waals surface area (Å²) in [7, 11) is 1.89. The highest BCUT2D eigenvalue weighted by molar-refractivity contribution is 5.94. The average Bonchev–Trinajstić information content (AvgIpc) is 3.15. The van der Waals surface area contributed by atoms with Gasteiger partial charge in [-0.05, 0) is 56.6 Å². The van der Waals surface area contributed by atoms with E-state index in [4.69, 9.17) is 0 Å². The lowest BCUT2D eigenvalue weighted by Crippen LogP contribution is -2.39. The van der Waals surface area contributed by atoms with Crippen molar-refractivity contribution in [3.8, 4) is 0 Å². The normalized spacial score (nSPS) is 24.7. The Labute approximate surface area is 138 Å². The predicted octanol–water partition coefficient (Wildman–Crippen LogP) is 2.30. The number of aromatic nitrogens is 1. The highest BCUT2D eigenvalue weighted by Gasteiger charge is 2.27. The first kappa shape index (κ1) is 16.2. The summed E-state index contributed by atoms with van der Waals surface area (Å²) in [6.07, 6.45) is 8.13. The number of carbonyl (C=O) groups is 1. The van der Waals surface area contributed by atoms with E-state index in [1.54, 1.807) is 6.20 Å². The van der Waals surface area contributed by atoms with Gasteiger partial charge in [0.2, 0.25) is 0 Å². The molecule has 5 nitrogen and oxygen atoms in total. The molecule has 126 valence electrons. The minimum absolute atomic E-state index is 0.0536. The number of anilines is 1. The van der Waals surface area contributed by atoms with Gasteiger partial charge in [-0.25, -0.2) is 4.98 Å². The van der Waals surface area contributed by atoms with E-state index in [1.165, 1.54) is 12.8 Å². The Morgan fingerprint density at radius 3 is 2.52 bits per heavy atom. The lowest BCUT2D eigenvalue weighted by atomic mass is 9.86. The van der Waals surface area contributed by atoms with Crippen LogP contribution in [0.4, 0.5) is 5.82 Å². The van der Waals surface area contributed by atoms with Crippen molar-refractivity contribution in [1.29, 1.82) is 0 Å². The van der Waals surface area contributed by atoms with E-state index < -0.39 is 0 Å². The van der Waals surface area contributed by atoms with Gasteiger partial charge in [-0.3, -0.25) is 4.79 Å². The van der Waals surface area contributed by atoms with Crippen LogP contribution >= 0.6 is 0 Å². The van der Waals surface area contributed by atoms with Crippen LogP contribution in [0.1, 0.15) is 48.9 Å². The molecule has 1 amide bonds. The summed E-state index contributed by atoms with van der Waals surface area (Å²) in [6.45, 7) is 2.40. The molecular weight excluding hydrogens is 290 g/mol. The Bertz CT molecular complexity index is 518. The molecule has 23 heavy (non-hydrogen) atoms. The van der Waals surface area contributed by atoms with E-state index in [0.717, 1.165) is 44.6 Å². The molecule has 1 aromatic heterocycles. The van der Waals surface area contributed by atoms with Crippen LogP contribution in [0.5, 0.6) is 0 Å². The van der Waals surface area contributed by atoms with Crippen LogP contribution in [-0.4, -0.2) is 53.7 Å². The van der Waals surface area contributed by atoms with Gasteiger partial charge in [-0.2, -0.15) is 0 Å². The van der Waals surface area contributed by atoms with Crippen molar-refractivity contribution >= 4 is 11.7 Å². The molecule has 1 aromatic rings. The number of carbonyl (C=O) groups excluding carboxylic acids is 1. The molecule has 1 saturated heterocycles. The van der Waals surface area contributed by atoms with Gasteiger partial charge in [0.05, 0.1) is 5.56 Å². The third-order valence-electron chi connectivity index (χ3n) is 5.37. The third kappa shape index (κ3) is 3.66. The number of hydrogen-bond donors (Lipinski definition) is 1. The SMILES string of the molecule is CN(C(=O)c1ccc(N2CCCC2)nc1)C1CCC(CO)CC1. The molecule has 1 saturated carbocycles. The molecule has 0 bridgehead atoms. The summed E-state index contributed by atoms with van der Waals surface area (Å²) < 4.78 is 0. The largest absolute Gasteiger partial charge is 0.396 e. The van der Waals surface area contributed by atoms with Gasteiger partial charge >= 0.3 is 0 Å². The lowest BCUT2D eigenvalue weighted by molar-refractivity contribution is 0.0652. The Morgan fingerprint density at radius 2 is 1.96 bits per heavy atom. The fourth-order valence-corrected chi connectivity index (χ4v) is 3.73. The van der Waals surface area contributed by atoms with Gasteiger partial charge < -0.3 is 14.9 Å². The summed E-state index contributed by atoms with van der Waals surface area (Å²) in [5, 5.41) is 9.23. The molecule has 2 aliphatic rings. The molecule has 0 aromatic carbocycles. The zero-order chi connectivity index (χ0) is 16.2. The number of aliphatic hydroxyl groups is 1. The molecule has 1 aliphatic carbocycles. The lowest BCUT2D eigenvalue weighted by Gasteiger charge is -2.34. The zero-order valence-corrected chi connectivity index (χ0v) is 13.9. The Kier molecular flexibility index (Phi) is 5.16. The van der Waals surface area contributed by atoms with Crippen LogP contribution in [0.15, 0.2) is 18.3 Å². The van der Waals surface area contributed by atoms with Gasteiger partial charge in [0.25, 0.3) is 5.91 Å². The summed E-state index contributed by atoms with van der Waals surface area (Å²) in [5.74, 6) is 1.44. The standard InChI is InChI=1S/C18H27N3O2/c1-20(16-7-4-14(13-22)5-8-16)18(23)15-6-9-17(19-12-15)21-10-2-3-11-21/h6,9,12,14,16,22H,2-5,7-8,10-11,13H2,1H3. The van der Waals surface area contributed by atoms with Crippen molar-refractivity contribution in [2.24, 2.45) is 5.92 Å². The maximum Gasteiger partial charge on any atom is 0.255 e. The van der Waals surface area contributed by atoms with Crippen molar-refractivity contribution in [3.63, 3.8) is 0 Å². The summed E-state index contributed by atoms with van der Waals surface area (Å²) in [5.41, 5.74) is 0.666. The Balaban J connectivity index is 1.60. The molecule has 0 unspecified atom stereocenters. The number of rotatable bonds is 4. The number of amides is 1. The molecule has 2 heterocycles. The molecule has 1 aliphatic heterocycles. The summed E-state index contributed by atoms with van der Waals surface area (Å²) in [4.78, 5) is 21.3. The molecule has 2 fully saturated rings. The predicted molar refractivity (Wildman–Crippen MR) is 90.6 cm³/mol. The first-order valence-electron chi connectivity index (χ1n) is 8.78. The van der Waals surface area contributed by atoms with Crippen LogP contribution in [0.3, 0.4) is 0 Å². The second-order valence-corrected chi connectivity index (χ2v) is 6.87. The molecule has 0 radical (unpaired) electrons. The third-order valence-corrected chi connectivity index (χ3v) is 5.37. The van der Waals surface area contributed by atoms with Gasteiger partial charge in [0, 0.05) is 39.0 Å². The van der Waals surface area contributed by atoms with Crippen molar-refractivity contribution in [2.75, 3.05) is 31.6 Å². The zero-order valence-electron chi connectivity index (χ0n) is 13.9. The van der Waals surface area contributed by atoms with E-state index in [0.29, 0.717) is 11.5 Å². The van der Waals surface area contributed by atoms with Crippen LogP contribution < -0.4 is 4.90 Å². The highest BCUT2D eigenvalue weighted by Crippen LogP contribution is 2.27. The minimum Gasteiger partial charge on any atom is -0.396 e. The van der Waals surface area contributed by atoms with Crippen molar-refractivity contribution < 1.29 is 9.90 Å². The Hall–Kier alpha value is -1.62. The molecule has 0 spiro atoms. The number of hydrogen-bond acceptors (Lipinski definition) is 4. The smallest absolute Gasteiger partial charge is 0.255 e. The first-order valence-corrected chi connectivity index (χ1v) is 8.78. The quantitative estimate of drug-likeness (QED) is 0.926. The fraction of sp³-hybridized carbons (Fsp3) is 0.667. The average molecular weight is 317 g/mol. The monoisotopic (exact) mass is 317 g/mol. The maximum atomic E-state index is 12.7. The van der Waals surface area contributed by atoms with Crippen LogP contribution in [0.2, 0.25) is 0 Å². The summed E-state index contributed by atoms with van der Waals surface area (Å²) >= 11 is 0. The van der Waals surface area contributed by atoms with Crippen LogP contribution in [0.25, 0.3) is 0 Å². The topological polar surface area (TPSA) is 56.7 Å². The number of pyridine rings is 1. The minimum atomic E-state index is 0.0536. The molecule has 1 N–H and O–H groups in total. The van der Waals surface area contributed by atoms with E-state index in [2.05, 4.69) is 9.88 Å². The maximum absolute atomic E-state index is 12.7. The van der Waals surface area contributed by atoms with Crippen LogP contribution in [-0.2, 0) is 0 Å². The summed E-state index contributed by atoms with van der Waals surface area (Å²) in [6, 6.07) is 4.15. The Morgan fingerprint density at radius 1 is 1.26 bits per heavy atom. The van der Waals surface area contributed by atoms with Gasteiger partial charge in [0.15, 0.2) is 0 Å². The van der Waals surface area contributed by atoms with Crippen LogP contribution in [0, 0.1) is 5.92 Å².